The van der Waals surface area contributed by atoms with E-state index in [4.69, 9.17) is 11.7 Å². The van der Waals surface area contributed by atoms with Crippen molar-refractivity contribution in [1.29, 1.82) is 0 Å². The average molecular weight is 483 g/mol. The van der Waals surface area contributed by atoms with Gasteiger partial charge in [0.25, 0.3) is 11.8 Å². The summed E-state index contributed by atoms with van der Waals surface area (Å²) in [7, 11) is 0. The number of aliphatic hydroxyl groups is 1. The Bertz CT molecular complexity index is 1570. The maximum atomic E-state index is 14.4. The van der Waals surface area contributed by atoms with Crippen molar-refractivity contribution in [2.24, 2.45) is 22.7 Å². The number of benzene rings is 3. The van der Waals surface area contributed by atoms with Crippen LogP contribution in [0.25, 0.3) is 10.9 Å². The number of hydrazine groups is 1. The highest BCUT2D eigenvalue weighted by Crippen LogP contribution is 2.60. The van der Waals surface area contributed by atoms with Crippen LogP contribution in [0.3, 0.4) is 0 Å². The summed E-state index contributed by atoms with van der Waals surface area (Å²) in [5.74, 6) is 9.06. The molecular weight excluding hydrogens is 460 g/mol. The van der Waals surface area contributed by atoms with Crippen molar-refractivity contribution < 1.29 is 19.8 Å². The molecule has 1 aromatic heterocycles. The summed E-state index contributed by atoms with van der Waals surface area (Å²) >= 11 is 0. The van der Waals surface area contributed by atoms with Crippen LogP contribution >= 0.6 is 0 Å². The van der Waals surface area contributed by atoms with Crippen LogP contribution in [0.5, 0.6) is 5.75 Å². The second kappa shape index (κ2) is 7.41. The number of para-hydroxylation sites is 3. The van der Waals surface area contributed by atoms with E-state index in [1.807, 2.05) is 12.1 Å². The van der Waals surface area contributed by atoms with Crippen molar-refractivity contribution in [2.75, 3.05) is 4.90 Å². The maximum absolute atomic E-state index is 14.4. The second-order valence-corrected chi connectivity index (χ2v) is 8.86. The van der Waals surface area contributed by atoms with Gasteiger partial charge in [0.1, 0.15) is 11.5 Å². The highest BCUT2D eigenvalue weighted by atomic mass is 16.3. The second-order valence-electron chi connectivity index (χ2n) is 8.86. The summed E-state index contributed by atoms with van der Waals surface area (Å²) in [5, 5.41) is 28.2. The van der Waals surface area contributed by atoms with Gasteiger partial charge in [-0.15, -0.1) is 0 Å². The van der Waals surface area contributed by atoms with E-state index in [-0.39, 0.29) is 22.7 Å². The van der Waals surface area contributed by atoms with E-state index in [0.717, 1.165) is 9.91 Å². The standard InChI is InChI=1S/C26H22N6O4/c27-30-21-22-25(17-14-29-18-11-5-4-10-16(17)18,31(23(21)34)19-12-6-7-13-20(19)33)24(35)32(28)26(22,36)15-8-2-1-3-9-15/h1-14,22,29,33,36H,27-28H2/b30-21+. The molecule has 0 bridgehead atoms. The highest BCUT2D eigenvalue weighted by Gasteiger charge is 2.78. The van der Waals surface area contributed by atoms with Gasteiger partial charge in [-0.1, -0.05) is 60.7 Å². The summed E-state index contributed by atoms with van der Waals surface area (Å²) in [6.07, 6.45) is 1.61. The van der Waals surface area contributed by atoms with Gasteiger partial charge >= 0.3 is 0 Å². The van der Waals surface area contributed by atoms with Crippen LogP contribution in [0.4, 0.5) is 5.69 Å². The lowest BCUT2D eigenvalue weighted by Crippen LogP contribution is -2.54. The Morgan fingerprint density at radius 3 is 2.33 bits per heavy atom. The third kappa shape index (κ3) is 2.43. The SMILES string of the molecule is N/N=C1/C(=O)N(c2ccccc2O)C2(c3c[nH]c4ccccc34)C(=O)N(N)C(O)(c3ccccc3)C12. The quantitative estimate of drug-likeness (QED) is 0.169. The largest absolute Gasteiger partial charge is 0.506 e. The van der Waals surface area contributed by atoms with Crippen LogP contribution < -0.4 is 16.6 Å². The van der Waals surface area contributed by atoms with Crippen molar-refractivity contribution in [1.82, 2.24) is 9.99 Å². The lowest BCUT2D eigenvalue weighted by molar-refractivity contribution is -0.152. The molecular formula is C26H22N6O4. The number of H-pyrrole nitrogens is 1. The van der Waals surface area contributed by atoms with Gasteiger partial charge in [0.05, 0.1) is 11.6 Å². The van der Waals surface area contributed by atoms with Crippen molar-refractivity contribution >= 4 is 34.1 Å². The van der Waals surface area contributed by atoms with E-state index in [1.54, 1.807) is 60.8 Å². The molecule has 2 aliphatic rings. The molecule has 3 aromatic carbocycles. The molecule has 2 amide bonds. The number of phenols is 1. The molecule has 3 atom stereocenters. The number of aromatic hydroxyl groups is 1. The molecule has 180 valence electrons. The Morgan fingerprint density at radius 1 is 0.944 bits per heavy atom. The number of hydrogen-bond donors (Lipinski definition) is 5. The van der Waals surface area contributed by atoms with Gasteiger partial charge in [0.2, 0.25) is 0 Å². The molecule has 2 aliphatic heterocycles. The number of nitrogens with two attached hydrogens (primary N) is 2. The number of anilines is 1. The number of rotatable bonds is 3. The van der Waals surface area contributed by atoms with Gasteiger partial charge in [-0.3, -0.25) is 14.5 Å². The van der Waals surface area contributed by atoms with Crippen molar-refractivity contribution in [3.63, 3.8) is 0 Å². The van der Waals surface area contributed by atoms with E-state index in [2.05, 4.69) is 10.1 Å². The smallest absolute Gasteiger partial charge is 0.276 e. The van der Waals surface area contributed by atoms with Crippen LogP contribution in [0, 0.1) is 5.92 Å². The van der Waals surface area contributed by atoms with E-state index in [1.165, 1.54) is 12.1 Å². The normalized spacial score (nSPS) is 26.8. The van der Waals surface area contributed by atoms with Gasteiger partial charge < -0.3 is 21.0 Å². The highest BCUT2D eigenvalue weighted by molar-refractivity contribution is 6.50. The summed E-state index contributed by atoms with van der Waals surface area (Å²) in [6.45, 7) is 0. The first-order valence-corrected chi connectivity index (χ1v) is 11.2. The lowest BCUT2D eigenvalue weighted by Gasteiger charge is -2.36. The molecule has 3 heterocycles. The molecule has 7 N–H and O–H groups in total. The van der Waals surface area contributed by atoms with E-state index >= 15 is 0 Å². The van der Waals surface area contributed by atoms with Gasteiger partial charge in [-0.25, -0.2) is 10.9 Å². The molecule has 36 heavy (non-hydrogen) atoms. The summed E-state index contributed by atoms with van der Waals surface area (Å²) in [5.41, 5.74) is -2.95. The fraction of sp³-hybridized carbons (Fsp3) is 0.115. The minimum Gasteiger partial charge on any atom is -0.506 e. The number of carbonyl (C=O) groups is 2. The average Bonchev–Trinajstić information content (AvgIpc) is 3.50. The number of aromatic amines is 1. The van der Waals surface area contributed by atoms with Crippen LogP contribution in [0.15, 0.2) is 90.2 Å². The summed E-state index contributed by atoms with van der Waals surface area (Å²) in [4.78, 5) is 32.7. The fourth-order valence-electron chi connectivity index (χ4n) is 5.75. The fourth-order valence-corrected chi connectivity index (χ4v) is 5.75. The Labute approximate surface area is 205 Å². The zero-order valence-corrected chi connectivity index (χ0v) is 18.9. The third-order valence-corrected chi connectivity index (χ3v) is 7.24. The van der Waals surface area contributed by atoms with Crippen molar-refractivity contribution in [3.05, 3.63) is 96.2 Å². The van der Waals surface area contributed by atoms with Crippen LogP contribution in [-0.2, 0) is 20.9 Å². The Hall–Kier alpha value is -4.67. The minimum atomic E-state index is -2.19. The number of aromatic nitrogens is 1. The number of fused-ring (bicyclic) bond motifs is 2. The molecule has 6 rings (SSSR count). The Kier molecular flexibility index (Phi) is 4.50. The molecule has 4 aromatic rings. The third-order valence-electron chi connectivity index (χ3n) is 7.24. The molecule has 2 fully saturated rings. The van der Waals surface area contributed by atoms with E-state index in [9.17, 15) is 19.8 Å². The van der Waals surface area contributed by atoms with E-state index in [0.29, 0.717) is 16.5 Å². The Balaban J connectivity index is 1.77. The number of carbonyl (C=O) groups excluding carboxylic acids is 2. The lowest BCUT2D eigenvalue weighted by atomic mass is 9.73. The molecule has 0 spiro atoms. The predicted molar refractivity (Wildman–Crippen MR) is 132 cm³/mol. The summed E-state index contributed by atoms with van der Waals surface area (Å²) < 4.78 is 0. The van der Waals surface area contributed by atoms with Gasteiger partial charge in [0, 0.05) is 28.2 Å². The van der Waals surface area contributed by atoms with Gasteiger partial charge in [-0.2, -0.15) is 5.10 Å². The number of amides is 2. The summed E-state index contributed by atoms with van der Waals surface area (Å²) in [6, 6.07) is 21.7. The predicted octanol–water partition coefficient (Wildman–Crippen LogP) is 1.61. The van der Waals surface area contributed by atoms with Crippen molar-refractivity contribution in [3.8, 4) is 5.75 Å². The number of hydrogen-bond acceptors (Lipinski definition) is 7. The molecule has 10 heteroatoms. The van der Waals surface area contributed by atoms with Gasteiger partial charge in [0.15, 0.2) is 11.3 Å². The van der Waals surface area contributed by atoms with E-state index < -0.39 is 29.0 Å². The molecule has 0 aliphatic carbocycles. The van der Waals surface area contributed by atoms with Crippen LogP contribution in [0.1, 0.15) is 11.1 Å². The van der Waals surface area contributed by atoms with Crippen LogP contribution in [-0.4, -0.2) is 37.7 Å². The number of nitrogens with one attached hydrogen (secondary N) is 1. The zero-order chi connectivity index (χ0) is 25.2. The molecule has 2 saturated heterocycles. The zero-order valence-electron chi connectivity index (χ0n) is 18.9. The Morgan fingerprint density at radius 2 is 1.61 bits per heavy atom. The first-order chi connectivity index (χ1) is 17.4. The molecule has 0 saturated carbocycles. The molecule has 10 nitrogen and oxygen atoms in total. The van der Waals surface area contributed by atoms with Crippen molar-refractivity contribution in [2.45, 2.75) is 11.3 Å². The maximum Gasteiger partial charge on any atom is 0.276 e. The monoisotopic (exact) mass is 482 g/mol. The first kappa shape index (κ1) is 21.8. The molecule has 3 unspecified atom stereocenters. The number of nitrogens with zero attached hydrogens (tertiary/aromatic N) is 3. The van der Waals surface area contributed by atoms with Gasteiger partial charge in [-0.05, 0) is 18.2 Å². The molecule has 0 radical (unpaired) electrons. The first-order valence-electron chi connectivity index (χ1n) is 11.2. The van der Waals surface area contributed by atoms with Crippen LogP contribution in [0.2, 0.25) is 0 Å². The minimum absolute atomic E-state index is 0.0514. The number of hydrazone groups is 1. The topological polar surface area (TPSA) is 161 Å². The number of phenolic OH excluding ortho intramolecular Hbond substituents is 1.